The van der Waals surface area contributed by atoms with Crippen LogP contribution in [-0.2, 0) is 0 Å². The molecule has 0 bridgehead atoms. The van der Waals surface area contributed by atoms with Crippen LogP contribution in [0.2, 0.25) is 0 Å². The fourth-order valence-corrected chi connectivity index (χ4v) is 3.80. The molecule has 2 heteroatoms. The van der Waals surface area contributed by atoms with Gasteiger partial charge >= 0.3 is 0 Å². The van der Waals surface area contributed by atoms with E-state index in [1.807, 2.05) is 60.7 Å². The van der Waals surface area contributed by atoms with Crippen molar-refractivity contribution in [1.82, 2.24) is 4.39 Å². The molecule has 169 valence electrons. The zero-order chi connectivity index (χ0) is 24.1. The number of rotatable bonds is 8. The summed E-state index contributed by atoms with van der Waals surface area (Å²) in [6.45, 7) is 6.07. The van der Waals surface area contributed by atoms with E-state index in [0.29, 0.717) is 0 Å². The largest absolute Gasteiger partial charge is 0.498 e. The van der Waals surface area contributed by atoms with Gasteiger partial charge in [0.25, 0.3) is 0 Å². The number of hydrogen-bond acceptors (Lipinski definition) is 0. The minimum atomic E-state index is 0.113. The summed E-state index contributed by atoms with van der Waals surface area (Å²) in [7, 11) is 6.36. The van der Waals surface area contributed by atoms with Crippen LogP contribution in [-0.4, -0.2) is 7.98 Å². The van der Waals surface area contributed by atoms with Crippen molar-refractivity contribution in [3.63, 3.8) is 0 Å². The van der Waals surface area contributed by atoms with E-state index in [4.69, 9.17) is 7.98 Å². The quantitative estimate of drug-likeness (QED) is 0.189. The van der Waals surface area contributed by atoms with Crippen molar-refractivity contribution in [2.24, 2.45) is 0 Å². The number of benzene rings is 4. The van der Waals surface area contributed by atoms with Crippen LogP contribution in [0, 0.1) is 0 Å². The summed E-state index contributed by atoms with van der Waals surface area (Å²) >= 11 is 0. The van der Waals surface area contributed by atoms with Gasteiger partial charge in [-0.2, -0.15) is 0 Å². The summed E-state index contributed by atoms with van der Waals surface area (Å²) < 4.78 is 0.113. The Bertz CT molecular complexity index is 1060. The Kier molecular flexibility index (Phi) is 9.70. The first-order valence-corrected chi connectivity index (χ1v) is 11.9. The normalized spacial score (nSPS) is 10.5. The molecule has 0 aromatic heterocycles. The lowest BCUT2D eigenvalue weighted by molar-refractivity contribution is 0.793. The van der Waals surface area contributed by atoms with E-state index in [0.717, 1.165) is 17.8 Å². The third-order valence-electron chi connectivity index (χ3n) is 5.73. The third-order valence-corrected chi connectivity index (χ3v) is 5.73. The molecule has 4 rings (SSSR count). The second-order valence-electron chi connectivity index (χ2n) is 8.12. The average molecular weight is 442 g/mol. The van der Waals surface area contributed by atoms with Crippen molar-refractivity contribution >= 4 is 24.9 Å². The molecule has 0 saturated carbocycles. The van der Waals surface area contributed by atoms with Crippen molar-refractivity contribution < 1.29 is 0 Å². The Morgan fingerprint density at radius 3 is 1.41 bits per heavy atom. The lowest BCUT2D eigenvalue weighted by Crippen LogP contribution is -2.34. The van der Waals surface area contributed by atoms with Gasteiger partial charge in [0.2, 0.25) is 0 Å². The van der Waals surface area contributed by atoms with E-state index in [-0.39, 0.29) is 4.39 Å². The first kappa shape index (κ1) is 25.0. The highest BCUT2D eigenvalue weighted by atomic mass is 15.3. The van der Waals surface area contributed by atoms with Crippen LogP contribution in [0.3, 0.4) is 0 Å². The van der Waals surface area contributed by atoms with Gasteiger partial charge in [0, 0.05) is 6.20 Å². The summed E-state index contributed by atoms with van der Waals surface area (Å²) in [6.07, 6.45) is 7.74. The molecule has 0 saturated heterocycles. The van der Waals surface area contributed by atoms with Crippen molar-refractivity contribution in [2.75, 3.05) is 0 Å². The number of nitrogens with zero attached hydrogens (tertiary/aromatic N) is 1. The minimum Gasteiger partial charge on any atom is -0.498 e. The summed E-state index contributed by atoms with van der Waals surface area (Å²) in [6, 6.07) is 41.1. The van der Waals surface area contributed by atoms with Crippen molar-refractivity contribution in [1.29, 1.82) is 0 Å². The van der Waals surface area contributed by atoms with E-state index in [1.165, 1.54) is 29.5 Å². The van der Waals surface area contributed by atoms with Gasteiger partial charge in [-0.3, -0.25) is 0 Å². The maximum absolute atomic E-state index is 6.36. The number of unbranched alkanes of at least 4 members (excludes halogenated alkanes) is 2. The SMILES string of the molecule is CCCCC=C(c1ccccc1)c1ccccc1.[B-][N+](C=C)(c1ccccc1)c1ccccc1. The highest BCUT2D eigenvalue weighted by Crippen LogP contribution is 2.31. The smallest absolute Gasteiger partial charge is 0.0905 e. The van der Waals surface area contributed by atoms with Gasteiger partial charge in [-0.25, -0.2) is 7.98 Å². The van der Waals surface area contributed by atoms with Crippen LogP contribution < -0.4 is 4.39 Å². The Balaban J connectivity index is 0.000000192. The predicted molar refractivity (Wildman–Crippen MR) is 150 cm³/mol. The Labute approximate surface area is 206 Å². The van der Waals surface area contributed by atoms with Gasteiger partial charge in [0.05, 0.1) is 11.4 Å². The van der Waals surface area contributed by atoms with Crippen molar-refractivity contribution in [3.8, 4) is 0 Å². The van der Waals surface area contributed by atoms with E-state index in [2.05, 4.69) is 80.2 Å². The summed E-state index contributed by atoms with van der Waals surface area (Å²) in [5, 5.41) is 0. The van der Waals surface area contributed by atoms with Gasteiger partial charge in [0.15, 0.2) is 0 Å². The molecule has 0 amide bonds. The Hall–Kier alpha value is -3.62. The zero-order valence-corrected chi connectivity index (χ0v) is 20.1. The van der Waals surface area contributed by atoms with E-state index >= 15 is 0 Å². The predicted octanol–water partition coefficient (Wildman–Crippen LogP) is 8.86. The van der Waals surface area contributed by atoms with E-state index < -0.39 is 0 Å². The molecule has 0 spiro atoms. The van der Waals surface area contributed by atoms with Crippen LogP contribution in [0.4, 0.5) is 11.4 Å². The van der Waals surface area contributed by atoms with Crippen LogP contribution >= 0.6 is 0 Å². The van der Waals surface area contributed by atoms with Crippen molar-refractivity contribution in [2.45, 2.75) is 26.2 Å². The molecule has 0 N–H and O–H groups in total. The second-order valence-corrected chi connectivity index (χ2v) is 8.12. The minimum absolute atomic E-state index is 0.113. The van der Waals surface area contributed by atoms with Gasteiger partial charge in [-0.05, 0) is 54.0 Å². The number of allylic oxidation sites excluding steroid dienone is 1. The highest BCUT2D eigenvalue weighted by Gasteiger charge is 2.12. The lowest BCUT2D eigenvalue weighted by atomic mass is 9.96. The van der Waals surface area contributed by atoms with Gasteiger partial charge in [-0.1, -0.05) is 123 Å². The highest BCUT2D eigenvalue weighted by molar-refractivity contribution is 6.18. The first-order valence-electron chi connectivity index (χ1n) is 11.9. The summed E-state index contributed by atoms with van der Waals surface area (Å²) in [4.78, 5) is 0. The van der Waals surface area contributed by atoms with Gasteiger partial charge < -0.3 is 4.39 Å². The number of para-hydroxylation sites is 2. The van der Waals surface area contributed by atoms with Crippen LogP contribution in [0.15, 0.2) is 140 Å². The van der Waals surface area contributed by atoms with Crippen LogP contribution in [0.1, 0.15) is 37.3 Å². The van der Waals surface area contributed by atoms with Gasteiger partial charge in [-0.15, -0.1) is 0 Å². The van der Waals surface area contributed by atoms with Crippen LogP contribution in [0.5, 0.6) is 0 Å². The standard InChI is InChI=1S/C18H20.C14H13BN/c1-2-3-6-15-18(16-11-7-4-8-12-16)17-13-9-5-10-14-17;1-2-16(15,13-9-5-3-6-10-13)14-11-7-4-8-12-14/h4-5,7-15H,2-3,6H2,1H3;2-12H,1H2. The van der Waals surface area contributed by atoms with Gasteiger partial charge in [0.1, 0.15) is 0 Å². The lowest BCUT2D eigenvalue weighted by Gasteiger charge is -2.44. The molecule has 0 heterocycles. The monoisotopic (exact) mass is 442 g/mol. The summed E-state index contributed by atoms with van der Waals surface area (Å²) in [5.41, 5.74) is 5.94. The zero-order valence-electron chi connectivity index (χ0n) is 20.1. The molecular formula is C32H33BN. The fraction of sp³-hybridized carbons (Fsp3) is 0.125. The summed E-state index contributed by atoms with van der Waals surface area (Å²) in [5.74, 6) is 0. The molecule has 0 atom stereocenters. The van der Waals surface area contributed by atoms with E-state index in [1.54, 1.807) is 6.20 Å². The molecule has 34 heavy (non-hydrogen) atoms. The molecule has 0 aliphatic carbocycles. The first-order chi connectivity index (χ1) is 16.7. The molecule has 3 radical (unpaired) electrons. The van der Waals surface area contributed by atoms with Crippen LogP contribution in [0.25, 0.3) is 5.57 Å². The van der Waals surface area contributed by atoms with E-state index in [9.17, 15) is 0 Å². The third kappa shape index (κ3) is 6.70. The molecule has 4 aromatic carbocycles. The number of hydrogen-bond donors (Lipinski definition) is 0. The maximum atomic E-state index is 6.36. The molecule has 0 aliphatic heterocycles. The Morgan fingerprint density at radius 2 is 1.06 bits per heavy atom. The molecule has 0 unspecified atom stereocenters. The number of quaternary nitrogens is 1. The second kappa shape index (κ2) is 13.2. The van der Waals surface area contributed by atoms with Crippen molar-refractivity contribution in [3.05, 3.63) is 151 Å². The Morgan fingerprint density at radius 1 is 0.676 bits per heavy atom. The molecule has 1 nitrogen and oxygen atoms in total. The maximum Gasteiger partial charge on any atom is 0.0905 e. The molecule has 4 aromatic rings. The topological polar surface area (TPSA) is 0 Å². The fourth-order valence-electron chi connectivity index (χ4n) is 3.80. The molecule has 0 aliphatic rings. The molecule has 0 fully saturated rings. The molecular weight excluding hydrogens is 409 g/mol. The average Bonchev–Trinajstić information content (AvgIpc) is 2.93.